The molecule has 1 amide bonds. The second-order valence-electron chi connectivity index (χ2n) is 9.94. The van der Waals surface area contributed by atoms with E-state index < -0.39 is 12.1 Å². The van der Waals surface area contributed by atoms with Crippen molar-refractivity contribution in [1.82, 2.24) is 14.9 Å². The molecule has 214 valence electrons. The summed E-state index contributed by atoms with van der Waals surface area (Å²) in [7, 11) is 0. The number of amides is 1. The average Bonchev–Trinajstić information content (AvgIpc) is 3.30. The molecule has 3 N–H and O–H groups in total. The number of fused-ring (bicyclic) bond motifs is 1. The van der Waals surface area contributed by atoms with Crippen molar-refractivity contribution in [3.8, 4) is 16.9 Å². The number of ether oxygens (including phenoxy) is 1. The number of carboxylic acids is 1. The first-order chi connectivity index (χ1) is 19.9. The maximum atomic E-state index is 12.9. The van der Waals surface area contributed by atoms with Gasteiger partial charge in [0.1, 0.15) is 11.6 Å². The Kier molecular flexibility index (Phi) is 10.1. The van der Waals surface area contributed by atoms with Crippen LogP contribution in [0.25, 0.3) is 22.2 Å². The van der Waals surface area contributed by atoms with E-state index in [1.54, 1.807) is 18.2 Å². The predicted octanol–water partition coefficient (Wildman–Crippen LogP) is 6.53. The molecule has 1 aromatic heterocycles. The van der Waals surface area contributed by atoms with Crippen LogP contribution < -0.4 is 10.1 Å². The minimum absolute atomic E-state index is 0.143. The molecule has 1 heterocycles. The molecule has 0 radical (unpaired) electrons. The molecule has 0 aliphatic heterocycles. The molecule has 9 heteroatoms. The number of hydrogen-bond acceptors (Lipinski definition) is 5. The Morgan fingerprint density at radius 3 is 2.44 bits per heavy atom. The minimum atomic E-state index is -1.36. The molecule has 0 bridgehead atoms. The zero-order valence-corrected chi connectivity index (χ0v) is 23.1. The van der Waals surface area contributed by atoms with Gasteiger partial charge in [-0.3, -0.25) is 9.59 Å². The standard InChI is InChI=1S/C32H35N3O6/c1-2-3-11-29-34-26-18-17-24(31(38)33-19-8-4-5-12-30(36)37)20-27(26)35(29)21-22-13-15-23(16-14-22)25-9-6-7-10-28(25)41-32(39)40/h6-7,9-10,13-18,20H,2-5,8,11-12,19,21H2,1H3,(H,33,38)(H,36,37)(H,39,40). The number of aryl methyl sites for hydroxylation is 1. The normalized spacial score (nSPS) is 11.0. The fraction of sp³-hybridized carbons (Fsp3) is 0.312. The number of carboxylic acid groups (broad SMARTS) is 2. The molecule has 0 aliphatic rings. The first-order valence-electron chi connectivity index (χ1n) is 13.9. The third-order valence-electron chi connectivity index (χ3n) is 6.89. The van der Waals surface area contributed by atoms with Crippen molar-refractivity contribution in [3.63, 3.8) is 0 Å². The van der Waals surface area contributed by atoms with E-state index in [1.807, 2.05) is 48.5 Å². The van der Waals surface area contributed by atoms with E-state index in [1.165, 1.54) is 0 Å². The molecule has 0 saturated heterocycles. The lowest BCUT2D eigenvalue weighted by Gasteiger charge is -2.12. The number of aromatic nitrogens is 2. The third kappa shape index (κ3) is 7.94. The molecule has 0 saturated carbocycles. The fourth-order valence-electron chi connectivity index (χ4n) is 4.76. The van der Waals surface area contributed by atoms with Crippen LogP contribution in [0.1, 0.15) is 67.2 Å². The van der Waals surface area contributed by atoms with Gasteiger partial charge in [0.15, 0.2) is 0 Å². The lowest BCUT2D eigenvalue weighted by molar-refractivity contribution is -0.137. The fourth-order valence-corrected chi connectivity index (χ4v) is 4.76. The average molecular weight is 558 g/mol. The number of nitrogens with zero attached hydrogens (tertiary/aromatic N) is 2. The van der Waals surface area contributed by atoms with Crippen molar-refractivity contribution in [3.05, 3.63) is 83.7 Å². The zero-order chi connectivity index (χ0) is 29.2. The maximum Gasteiger partial charge on any atom is 0.511 e. The summed E-state index contributed by atoms with van der Waals surface area (Å²) in [6.07, 6.45) is 3.71. The molecule has 0 spiro atoms. The number of aliphatic carboxylic acids is 1. The van der Waals surface area contributed by atoms with Crippen LogP contribution in [0.2, 0.25) is 0 Å². The number of imidazole rings is 1. The Morgan fingerprint density at radius 2 is 1.71 bits per heavy atom. The van der Waals surface area contributed by atoms with Crippen molar-refractivity contribution < 1.29 is 29.3 Å². The highest BCUT2D eigenvalue weighted by atomic mass is 16.7. The highest BCUT2D eigenvalue weighted by Gasteiger charge is 2.15. The van der Waals surface area contributed by atoms with E-state index in [-0.39, 0.29) is 18.1 Å². The number of benzene rings is 3. The van der Waals surface area contributed by atoms with Gasteiger partial charge < -0.3 is 24.8 Å². The Labute approximate surface area is 238 Å². The van der Waals surface area contributed by atoms with E-state index in [4.69, 9.17) is 19.9 Å². The van der Waals surface area contributed by atoms with Gasteiger partial charge in [0.2, 0.25) is 0 Å². The smallest absolute Gasteiger partial charge is 0.481 e. The zero-order valence-electron chi connectivity index (χ0n) is 23.1. The van der Waals surface area contributed by atoms with Crippen LogP contribution in [0.15, 0.2) is 66.7 Å². The Morgan fingerprint density at radius 1 is 0.927 bits per heavy atom. The second-order valence-corrected chi connectivity index (χ2v) is 9.94. The topological polar surface area (TPSA) is 131 Å². The van der Waals surface area contributed by atoms with Crippen molar-refractivity contribution >= 4 is 29.1 Å². The van der Waals surface area contributed by atoms with Crippen LogP contribution >= 0.6 is 0 Å². The first kappa shape index (κ1) is 29.3. The van der Waals surface area contributed by atoms with Crippen LogP contribution in [0.4, 0.5) is 4.79 Å². The van der Waals surface area contributed by atoms with Crippen LogP contribution in [-0.2, 0) is 17.8 Å². The second kappa shape index (κ2) is 14.1. The lowest BCUT2D eigenvalue weighted by atomic mass is 10.0. The van der Waals surface area contributed by atoms with Crippen LogP contribution in [0, 0.1) is 0 Å². The van der Waals surface area contributed by atoms with Gasteiger partial charge in [-0.25, -0.2) is 9.78 Å². The monoisotopic (exact) mass is 557 g/mol. The summed E-state index contributed by atoms with van der Waals surface area (Å²) in [4.78, 5) is 39.5. The molecule has 9 nitrogen and oxygen atoms in total. The maximum absolute atomic E-state index is 12.9. The largest absolute Gasteiger partial charge is 0.511 e. The number of carbonyl (C=O) groups is 3. The number of nitrogens with one attached hydrogen (secondary N) is 1. The van der Waals surface area contributed by atoms with E-state index in [9.17, 15) is 14.4 Å². The van der Waals surface area contributed by atoms with Crippen LogP contribution in [0.5, 0.6) is 5.75 Å². The molecule has 41 heavy (non-hydrogen) atoms. The number of unbranched alkanes of at least 4 members (excludes halogenated alkanes) is 3. The van der Waals surface area contributed by atoms with Gasteiger partial charge in [-0.2, -0.15) is 0 Å². The number of hydrogen-bond donors (Lipinski definition) is 3. The van der Waals surface area contributed by atoms with Crippen LogP contribution in [-0.4, -0.2) is 44.3 Å². The molecule has 3 aromatic carbocycles. The Balaban J connectivity index is 1.53. The Hall–Kier alpha value is -4.66. The lowest BCUT2D eigenvalue weighted by Crippen LogP contribution is -2.24. The van der Waals surface area contributed by atoms with Crippen molar-refractivity contribution in [2.24, 2.45) is 0 Å². The summed E-state index contributed by atoms with van der Waals surface area (Å²) in [6, 6.07) is 20.5. The van der Waals surface area contributed by atoms with E-state index in [2.05, 4.69) is 16.8 Å². The summed E-state index contributed by atoms with van der Waals surface area (Å²) in [5.41, 5.74) is 4.84. The van der Waals surface area contributed by atoms with Gasteiger partial charge in [-0.1, -0.05) is 62.2 Å². The minimum Gasteiger partial charge on any atom is -0.481 e. The summed E-state index contributed by atoms with van der Waals surface area (Å²) in [6.45, 7) is 3.20. The molecule has 0 unspecified atom stereocenters. The van der Waals surface area contributed by atoms with E-state index in [0.717, 1.165) is 60.1 Å². The predicted molar refractivity (Wildman–Crippen MR) is 156 cm³/mol. The summed E-state index contributed by atoms with van der Waals surface area (Å²) >= 11 is 0. The van der Waals surface area contributed by atoms with Gasteiger partial charge in [0, 0.05) is 37.1 Å². The first-order valence-corrected chi connectivity index (χ1v) is 13.9. The molecule has 0 fully saturated rings. The molecule has 0 atom stereocenters. The van der Waals surface area contributed by atoms with Crippen molar-refractivity contribution in [2.45, 2.75) is 58.4 Å². The van der Waals surface area contributed by atoms with E-state index in [0.29, 0.717) is 30.6 Å². The van der Waals surface area contributed by atoms with Gasteiger partial charge in [0.25, 0.3) is 5.91 Å². The van der Waals surface area contributed by atoms with Gasteiger partial charge >= 0.3 is 12.1 Å². The summed E-state index contributed by atoms with van der Waals surface area (Å²) in [5.74, 6) is 0.270. The van der Waals surface area contributed by atoms with Crippen LogP contribution in [0.3, 0.4) is 0 Å². The number of rotatable bonds is 14. The molecular formula is C32H35N3O6. The summed E-state index contributed by atoms with van der Waals surface area (Å²) < 4.78 is 7.10. The van der Waals surface area contributed by atoms with Crippen molar-refractivity contribution in [2.75, 3.05) is 6.54 Å². The highest BCUT2D eigenvalue weighted by Crippen LogP contribution is 2.30. The van der Waals surface area contributed by atoms with Crippen molar-refractivity contribution in [1.29, 1.82) is 0 Å². The van der Waals surface area contributed by atoms with Gasteiger partial charge in [-0.05, 0) is 54.7 Å². The molecule has 4 rings (SSSR count). The van der Waals surface area contributed by atoms with E-state index >= 15 is 0 Å². The number of para-hydroxylation sites is 1. The highest BCUT2D eigenvalue weighted by molar-refractivity contribution is 5.97. The molecular weight excluding hydrogens is 522 g/mol. The van der Waals surface area contributed by atoms with Gasteiger partial charge in [0.05, 0.1) is 11.0 Å². The molecule has 4 aromatic rings. The third-order valence-corrected chi connectivity index (χ3v) is 6.89. The van der Waals surface area contributed by atoms with Gasteiger partial charge in [-0.15, -0.1) is 0 Å². The quantitative estimate of drug-likeness (QED) is 0.0913. The molecule has 0 aliphatic carbocycles. The SMILES string of the molecule is CCCCc1nc2ccc(C(=O)NCCCCCC(=O)O)cc2n1Cc1ccc(-c2ccccc2OC(=O)O)cc1. The number of carbonyl (C=O) groups excluding carboxylic acids is 1. The summed E-state index contributed by atoms with van der Waals surface area (Å²) in [5, 5.41) is 20.8. The Bertz CT molecular complexity index is 1510.